The van der Waals surface area contributed by atoms with E-state index in [0.29, 0.717) is 31.6 Å². The Morgan fingerprint density at radius 2 is 1.58 bits per heavy atom. The van der Waals surface area contributed by atoms with Gasteiger partial charge in [0.1, 0.15) is 11.4 Å². The van der Waals surface area contributed by atoms with Gasteiger partial charge >= 0.3 is 6.36 Å². The highest BCUT2D eigenvalue weighted by Crippen LogP contribution is 2.27. The van der Waals surface area contributed by atoms with Gasteiger partial charge in [0.2, 0.25) is 10.0 Å². The Hall–Kier alpha value is -3.57. The first-order chi connectivity index (χ1) is 17.2. The van der Waals surface area contributed by atoms with E-state index in [9.17, 15) is 21.6 Å². The van der Waals surface area contributed by atoms with Gasteiger partial charge in [-0.25, -0.2) is 13.4 Å². The van der Waals surface area contributed by atoms with Gasteiger partial charge in [0, 0.05) is 43.4 Å². The molecular weight excluding hydrogens is 493 g/mol. The van der Waals surface area contributed by atoms with Crippen LogP contribution in [0.2, 0.25) is 0 Å². The average Bonchev–Trinajstić information content (AvgIpc) is 3.33. The monoisotopic (exact) mass is 516 g/mol. The number of aromatic nitrogens is 2. The second-order valence-corrected chi connectivity index (χ2v) is 10.5. The number of hydrogen-bond donors (Lipinski definition) is 1. The van der Waals surface area contributed by atoms with Gasteiger partial charge < -0.3 is 14.5 Å². The van der Waals surface area contributed by atoms with Crippen LogP contribution in [0.15, 0.2) is 84.1 Å². The normalized spacial score (nSPS) is 15.8. The largest absolute Gasteiger partial charge is 0.573 e. The van der Waals surface area contributed by atoms with Gasteiger partial charge in [-0.05, 0) is 72.5 Å². The molecule has 1 saturated heterocycles. The fourth-order valence-electron chi connectivity index (χ4n) is 4.29. The van der Waals surface area contributed by atoms with Crippen molar-refractivity contribution in [2.75, 3.05) is 18.4 Å². The third-order valence-corrected chi connectivity index (χ3v) is 8.04. The maximum absolute atomic E-state index is 13.2. The minimum Gasteiger partial charge on any atom is -0.406 e. The smallest absolute Gasteiger partial charge is 0.406 e. The molecule has 1 N–H and O–H groups in total. The molecule has 2 aromatic carbocycles. The van der Waals surface area contributed by atoms with Crippen LogP contribution >= 0.6 is 0 Å². The molecule has 1 fully saturated rings. The molecule has 1 aliphatic rings. The summed E-state index contributed by atoms with van der Waals surface area (Å²) in [6.45, 7) is 0.683. The van der Waals surface area contributed by atoms with Crippen LogP contribution in [-0.4, -0.2) is 47.6 Å². The van der Waals surface area contributed by atoms with Gasteiger partial charge in [-0.1, -0.05) is 12.1 Å². The predicted octanol–water partition coefficient (Wildman–Crippen LogP) is 5.17. The first-order valence-corrected chi connectivity index (χ1v) is 12.8. The maximum atomic E-state index is 13.2. The second-order valence-electron chi connectivity index (χ2n) is 8.53. The van der Waals surface area contributed by atoms with Crippen molar-refractivity contribution in [3.8, 4) is 16.9 Å². The van der Waals surface area contributed by atoms with Gasteiger partial charge in [0.05, 0.1) is 4.90 Å². The first-order valence-electron chi connectivity index (χ1n) is 11.3. The Morgan fingerprint density at radius 1 is 0.917 bits per heavy atom. The van der Waals surface area contributed by atoms with Gasteiger partial charge in [-0.3, -0.25) is 0 Å². The van der Waals surface area contributed by atoms with Crippen molar-refractivity contribution in [2.45, 2.75) is 30.1 Å². The van der Waals surface area contributed by atoms with Crippen LogP contribution < -0.4 is 10.1 Å². The van der Waals surface area contributed by atoms with Crippen LogP contribution in [0.5, 0.6) is 5.75 Å². The van der Waals surface area contributed by atoms with E-state index < -0.39 is 16.4 Å². The zero-order valence-corrected chi connectivity index (χ0v) is 19.8. The molecule has 0 amide bonds. The van der Waals surface area contributed by atoms with Gasteiger partial charge in [0.25, 0.3) is 0 Å². The summed E-state index contributed by atoms with van der Waals surface area (Å²) in [6.07, 6.45) is 1.93. The number of anilines is 1. The summed E-state index contributed by atoms with van der Waals surface area (Å²) in [5.74, 6) is -0.290. The standard InChI is InChI=1S/C25H23F3N4O3S/c26-25(27,28)35-22-6-4-20(5-7-22)30-21-11-14-32(15-12-21)36(33,34)23-8-1-18(2-9-23)19-3-10-24-29-13-16-31(24)17-19/h1-10,13,16-17,21,30H,11-12,14-15H2. The first kappa shape index (κ1) is 24.1. The predicted molar refractivity (Wildman–Crippen MR) is 129 cm³/mol. The Bertz CT molecular complexity index is 1440. The van der Waals surface area contributed by atoms with E-state index in [1.807, 2.05) is 28.9 Å². The van der Waals surface area contributed by atoms with E-state index in [1.54, 1.807) is 30.5 Å². The molecule has 0 bridgehead atoms. The maximum Gasteiger partial charge on any atom is 0.573 e. The third-order valence-electron chi connectivity index (χ3n) is 6.13. The fraction of sp³-hybridized carbons (Fsp3) is 0.240. The number of ether oxygens (including phenoxy) is 1. The van der Waals surface area contributed by atoms with Crippen molar-refractivity contribution < 1.29 is 26.3 Å². The molecule has 0 saturated carbocycles. The van der Waals surface area contributed by atoms with Gasteiger partial charge in [-0.15, -0.1) is 13.2 Å². The number of rotatable bonds is 6. The van der Waals surface area contributed by atoms with Crippen LogP contribution in [0.4, 0.5) is 18.9 Å². The summed E-state index contributed by atoms with van der Waals surface area (Å²) in [6, 6.07) is 16.2. The zero-order chi connectivity index (χ0) is 25.3. The molecule has 7 nitrogen and oxygen atoms in total. The topological polar surface area (TPSA) is 75.9 Å². The van der Waals surface area contributed by atoms with Crippen LogP contribution in [0.1, 0.15) is 12.8 Å². The highest BCUT2D eigenvalue weighted by Gasteiger charge is 2.31. The summed E-state index contributed by atoms with van der Waals surface area (Å²) in [5.41, 5.74) is 3.34. The van der Waals surface area contributed by atoms with E-state index in [2.05, 4.69) is 15.0 Å². The fourth-order valence-corrected chi connectivity index (χ4v) is 5.76. The Kier molecular flexibility index (Phi) is 6.35. The number of pyridine rings is 1. The molecule has 0 unspecified atom stereocenters. The van der Waals surface area contributed by atoms with Crippen LogP contribution in [0.25, 0.3) is 16.8 Å². The van der Waals surface area contributed by atoms with Crippen molar-refractivity contribution in [3.05, 3.63) is 79.3 Å². The van der Waals surface area contributed by atoms with Crippen molar-refractivity contribution in [1.82, 2.24) is 13.7 Å². The van der Waals surface area contributed by atoms with Crippen LogP contribution in [0, 0.1) is 0 Å². The quantitative estimate of drug-likeness (QED) is 0.383. The molecule has 0 spiro atoms. The number of nitrogens with zero attached hydrogens (tertiary/aromatic N) is 3. The molecule has 0 atom stereocenters. The number of fused-ring (bicyclic) bond motifs is 1. The van der Waals surface area contributed by atoms with Crippen molar-refractivity contribution >= 4 is 21.4 Å². The molecule has 4 aromatic rings. The van der Waals surface area contributed by atoms with E-state index >= 15 is 0 Å². The Labute approximate surface area is 206 Å². The van der Waals surface area contributed by atoms with Crippen molar-refractivity contribution in [1.29, 1.82) is 0 Å². The molecule has 188 valence electrons. The number of hydrogen-bond acceptors (Lipinski definition) is 5. The zero-order valence-electron chi connectivity index (χ0n) is 19.0. The summed E-state index contributed by atoms with van der Waals surface area (Å²) in [5, 5.41) is 3.25. The van der Waals surface area contributed by atoms with Crippen molar-refractivity contribution in [2.24, 2.45) is 0 Å². The summed E-state index contributed by atoms with van der Waals surface area (Å²) in [4.78, 5) is 4.46. The Morgan fingerprint density at radius 3 is 2.25 bits per heavy atom. The van der Waals surface area contributed by atoms with E-state index in [4.69, 9.17) is 0 Å². The van der Waals surface area contributed by atoms with Crippen LogP contribution in [-0.2, 0) is 10.0 Å². The second kappa shape index (κ2) is 9.47. The molecule has 2 aromatic heterocycles. The number of halogens is 3. The lowest BCUT2D eigenvalue weighted by Gasteiger charge is -2.32. The number of benzene rings is 2. The highest BCUT2D eigenvalue weighted by molar-refractivity contribution is 7.89. The Balaban J connectivity index is 1.19. The molecule has 11 heteroatoms. The van der Waals surface area contributed by atoms with Crippen molar-refractivity contribution in [3.63, 3.8) is 0 Å². The lowest BCUT2D eigenvalue weighted by Crippen LogP contribution is -2.42. The van der Waals surface area contributed by atoms with E-state index in [0.717, 1.165) is 16.8 Å². The van der Waals surface area contributed by atoms with E-state index in [-0.39, 0.29) is 16.7 Å². The molecular formula is C25H23F3N4O3S. The van der Waals surface area contributed by atoms with Gasteiger partial charge in [-0.2, -0.15) is 4.31 Å². The number of piperidine rings is 1. The molecule has 36 heavy (non-hydrogen) atoms. The number of alkyl halides is 3. The molecule has 1 aliphatic heterocycles. The van der Waals surface area contributed by atoms with Gasteiger partial charge in [0.15, 0.2) is 0 Å². The number of imidazole rings is 1. The molecule has 0 radical (unpaired) electrons. The molecule has 3 heterocycles. The molecule has 0 aliphatic carbocycles. The third kappa shape index (κ3) is 5.31. The number of sulfonamides is 1. The highest BCUT2D eigenvalue weighted by atomic mass is 32.2. The lowest BCUT2D eigenvalue weighted by atomic mass is 10.1. The lowest BCUT2D eigenvalue weighted by molar-refractivity contribution is -0.274. The molecule has 5 rings (SSSR count). The summed E-state index contributed by atoms with van der Waals surface area (Å²) < 4.78 is 70.6. The van der Waals surface area contributed by atoms with E-state index in [1.165, 1.54) is 28.6 Å². The van der Waals surface area contributed by atoms with Crippen LogP contribution in [0.3, 0.4) is 0 Å². The summed E-state index contributed by atoms with van der Waals surface area (Å²) >= 11 is 0. The summed E-state index contributed by atoms with van der Waals surface area (Å²) in [7, 11) is -3.64. The minimum atomic E-state index is -4.73. The minimum absolute atomic E-state index is 0.00584. The SMILES string of the molecule is O=S(=O)(c1ccc(-c2ccc3nccn3c2)cc1)N1CCC(Nc2ccc(OC(F)(F)F)cc2)CC1. The number of nitrogens with one attached hydrogen (secondary N) is 1. The average molecular weight is 517 g/mol.